The van der Waals surface area contributed by atoms with Crippen LogP contribution in [0, 0.1) is 5.92 Å². The molecule has 0 saturated heterocycles. The molecule has 2 atom stereocenters. The summed E-state index contributed by atoms with van der Waals surface area (Å²) in [5.41, 5.74) is 0. The summed E-state index contributed by atoms with van der Waals surface area (Å²) in [6.07, 6.45) is 1.35. The van der Waals surface area contributed by atoms with Crippen molar-refractivity contribution in [2.75, 3.05) is 0 Å². The number of halogens is 1. The smallest absolute Gasteiger partial charge is 0.250 e. The van der Waals surface area contributed by atoms with E-state index < -0.39 is 16.1 Å². The zero-order valence-corrected chi connectivity index (χ0v) is 11.9. The van der Waals surface area contributed by atoms with Crippen molar-refractivity contribution < 1.29 is 13.2 Å². The van der Waals surface area contributed by atoms with Gasteiger partial charge in [-0.05, 0) is 18.1 Å². The Hall–Kier alpha value is -0.430. The highest BCUT2D eigenvalue weighted by Crippen LogP contribution is 2.25. The largest absolute Gasteiger partial charge is 0.302 e. The lowest BCUT2D eigenvalue weighted by atomic mass is 10.0. The molecule has 1 aromatic rings. The Morgan fingerprint density at radius 1 is 1.53 bits per heavy atom. The first-order valence-electron chi connectivity index (χ1n) is 5.13. The molecule has 1 aromatic heterocycles. The number of sulfonamides is 1. The van der Waals surface area contributed by atoms with E-state index >= 15 is 0 Å². The molecule has 2 unspecified atom stereocenters. The Morgan fingerprint density at radius 2 is 2.18 bits per heavy atom. The maximum Gasteiger partial charge on any atom is 0.250 e. The molecule has 0 aromatic carbocycles. The molecular formula is C10H14ClNO3S2. The third kappa shape index (κ3) is 3.77. The molecule has 17 heavy (non-hydrogen) atoms. The zero-order valence-electron chi connectivity index (χ0n) is 9.51. The predicted octanol–water partition coefficient (Wildman–Crippen LogP) is 2.29. The highest BCUT2D eigenvalue weighted by molar-refractivity contribution is 7.91. The lowest BCUT2D eigenvalue weighted by molar-refractivity contribution is -0.110. The van der Waals surface area contributed by atoms with Crippen molar-refractivity contribution in [3.8, 4) is 0 Å². The van der Waals surface area contributed by atoms with Gasteiger partial charge in [-0.3, -0.25) is 0 Å². The number of carbonyl (C=O) groups excluding carboxylic acids is 1. The van der Waals surface area contributed by atoms with Crippen LogP contribution in [0.15, 0.2) is 16.3 Å². The predicted molar refractivity (Wildman–Crippen MR) is 69.0 cm³/mol. The molecule has 4 nitrogen and oxygen atoms in total. The molecule has 0 bridgehead atoms. The standard InChI is InChI=1S/C10H14ClNO3S2/c1-3-7(2)8(6-13)12-17(14,15)10-5-4-9(11)16-10/h4-8,12H,3H2,1-2H3. The van der Waals surface area contributed by atoms with E-state index in [9.17, 15) is 13.2 Å². The average molecular weight is 296 g/mol. The number of hydrogen-bond acceptors (Lipinski definition) is 4. The van der Waals surface area contributed by atoms with Crippen LogP contribution in [0.5, 0.6) is 0 Å². The van der Waals surface area contributed by atoms with Crippen molar-refractivity contribution >= 4 is 39.2 Å². The second kappa shape index (κ2) is 5.95. The molecule has 0 spiro atoms. The maximum absolute atomic E-state index is 11.9. The number of aldehydes is 1. The van der Waals surface area contributed by atoms with Gasteiger partial charge in [-0.1, -0.05) is 31.9 Å². The fourth-order valence-electron chi connectivity index (χ4n) is 1.21. The first-order chi connectivity index (χ1) is 7.90. The fraction of sp³-hybridized carbons (Fsp3) is 0.500. The summed E-state index contributed by atoms with van der Waals surface area (Å²) in [5.74, 6) is -0.0438. The quantitative estimate of drug-likeness (QED) is 0.819. The number of carbonyl (C=O) groups is 1. The third-order valence-corrected chi connectivity index (χ3v) is 5.69. The molecule has 1 heterocycles. The van der Waals surface area contributed by atoms with E-state index in [4.69, 9.17) is 11.6 Å². The zero-order chi connectivity index (χ0) is 13.1. The van der Waals surface area contributed by atoms with Crippen molar-refractivity contribution in [1.82, 2.24) is 4.72 Å². The molecule has 1 N–H and O–H groups in total. The molecule has 0 aliphatic heterocycles. The molecule has 0 fully saturated rings. The minimum absolute atomic E-state index is 0.0438. The summed E-state index contributed by atoms with van der Waals surface area (Å²) in [6, 6.07) is 2.24. The van der Waals surface area contributed by atoms with Gasteiger partial charge >= 0.3 is 0 Å². The van der Waals surface area contributed by atoms with Crippen molar-refractivity contribution in [1.29, 1.82) is 0 Å². The van der Waals surface area contributed by atoms with Gasteiger partial charge in [-0.2, -0.15) is 4.72 Å². The summed E-state index contributed by atoms with van der Waals surface area (Å²) < 4.78 is 26.7. The van der Waals surface area contributed by atoms with Gasteiger partial charge in [0.05, 0.1) is 10.4 Å². The fourth-order valence-corrected chi connectivity index (χ4v) is 3.99. The summed E-state index contributed by atoms with van der Waals surface area (Å²) in [6.45, 7) is 3.72. The summed E-state index contributed by atoms with van der Waals surface area (Å²) in [7, 11) is -3.65. The van der Waals surface area contributed by atoms with Gasteiger partial charge in [-0.15, -0.1) is 11.3 Å². The van der Waals surface area contributed by atoms with Crippen LogP contribution in [0.4, 0.5) is 0 Å². The SMILES string of the molecule is CCC(C)C(C=O)NS(=O)(=O)c1ccc(Cl)s1. The molecule has 96 valence electrons. The van der Waals surface area contributed by atoms with Gasteiger partial charge in [0.2, 0.25) is 0 Å². The van der Waals surface area contributed by atoms with E-state index in [2.05, 4.69) is 4.72 Å². The second-order valence-electron chi connectivity index (χ2n) is 3.73. The maximum atomic E-state index is 11.9. The number of thiophene rings is 1. The number of rotatable bonds is 6. The third-order valence-electron chi connectivity index (χ3n) is 2.51. The Kier molecular flexibility index (Phi) is 5.12. The van der Waals surface area contributed by atoms with E-state index in [1.54, 1.807) is 0 Å². The van der Waals surface area contributed by atoms with Gasteiger partial charge in [0, 0.05) is 0 Å². The summed E-state index contributed by atoms with van der Waals surface area (Å²) in [5, 5.41) is 0. The van der Waals surface area contributed by atoms with Gasteiger partial charge < -0.3 is 4.79 Å². The van der Waals surface area contributed by atoms with Gasteiger partial charge in [0.1, 0.15) is 10.5 Å². The lowest BCUT2D eigenvalue weighted by Gasteiger charge is -2.17. The first kappa shape index (κ1) is 14.6. The molecule has 0 radical (unpaired) electrons. The first-order valence-corrected chi connectivity index (χ1v) is 7.81. The van der Waals surface area contributed by atoms with Crippen molar-refractivity contribution in [3.63, 3.8) is 0 Å². The van der Waals surface area contributed by atoms with Gasteiger partial charge in [-0.25, -0.2) is 8.42 Å². The normalized spacial score (nSPS) is 15.5. The highest BCUT2D eigenvalue weighted by atomic mass is 35.5. The van der Waals surface area contributed by atoms with E-state index in [-0.39, 0.29) is 10.1 Å². The summed E-state index contributed by atoms with van der Waals surface area (Å²) >= 11 is 6.65. The Bertz CT molecular complexity index is 483. The van der Waals surface area contributed by atoms with Crippen LogP contribution < -0.4 is 4.72 Å². The van der Waals surface area contributed by atoms with Crippen molar-refractivity contribution in [3.05, 3.63) is 16.5 Å². The minimum Gasteiger partial charge on any atom is -0.302 e. The van der Waals surface area contributed by atoms with E-state index in [0.717, 1.165) is 17.8 Å². The van der Waals surface area contributed by atoms with Crippen molar-refractivity contribution in [2.45, 2.75) is 30.5 Å². The van der Waals surface area contributed by atoms with Crippen LogP contribution >= 0.6 is 22.9 Å². The molecule has 1 rings (SSSR count). The van der Waals surface area contributed by atoms with Crippen LogP contribution in [0.2, 0.25) is 4.34 Å². The van der Waals surface area contributed by atoms with Crippen LogP contribution in [0.25, 0.3) is 0 Å². The molecule has 7 heteroatoms. The molecule has 0 aliphatic carbocycles. The Morgan fingerprint density at radius 3 is 2.59 bits per heavy atom. The van der Waals surface area contributed by atoms with Crippen LogP contribution in [-0.2, 0) is 14.8 Å². The number of nitrogens with one attached hydrogen (secondary N) is 1. The van der Waals surface area contributed by atoms with Crippen LogP contribution in [0.3, 0.4) is 0 Å². The van der Waals surface area contributed by atoms with Crippen LogP contribution in [0.1, 0.15) is 20.3 Å². The Labute approximate surface area is 110 Å². The monoisotopic (exact) mass is 295 g/mol. The highest BCUT2D eigenvalue weighted by Gasteiger charge is 2.24. The van der Waals surface area contributed by atoms with Crippen molar-refractivity contribution in [2.24, 2.45) is 5.92 Å². The molecule has 0 aliphatic rings. The van der Waals surface area contributed by atoms with Gasteiger partial charge in [0.25, 0.3) is 10.0 Å². The summed E-state index contributed by atoms with van der Waals surface area (Å²) in [4.78, 5) is 10.9. The van der Waals surface area contributed by atoms with E-state index in [0.29, 0.717) is 10.6 Å². The van der Waals surface area contributed by atoms with Gasteiger partial charge in [0.15, 0.2) is 0 Å². The Balaban J connectivity index is 2.89. The lowest BCUT2D eigenvalue weighted by Crippen LogP contribution is -2.40. The van der Waals surface area contributed by atoms with E-state index in [1.807, 2.05) is 13.8 Å². The minimum atomic E-state index is -3.65. The second-order valence-corrected chi connectivity index (χ2v) is 7.38. The van der Waals surface area contributed by atoms with E-state index in [1.165, 1.54) is 12.1 Å². The average Bonchev–Trinajstić information content (AvgIpc) is 2.72. The van der Waals surface area contributed by atoms with Crippen LogP contribution in [-0.4, -0.2) is 20.7 Å². The molecule has 0 amide bonds. The molecular weight excluding hydrogens is 282 g/mol. The molecule has 0 saturated carbocycles. The topological polar surface area (TPSA) is 63.2 Å². The number of hydrogen-bond donors (Lipinski definition) is 1.